The second-order valence-corrected chi connectivity index (χ2v) is 8.89. The summed E-state index contributed by atoms with van der Waals surface area (Å²) in [6.45, 7) is 0. The van der Waals surface area contributed by atoms with Crippen molar-refractivity contribution in [2.45, 2.75) is 4.90 Å². The van der Waals surface area contributed by atoms with Gasteiger partial charge in [0.15, 0.2) is 21.5 Å². The van der Waals surface area contributed by atoms with E-state index in [0.29, 0.717) is 27.9 Å². The van der Waals surface area contributed by atoms with Gasteiger partial charge in [-0.15, -0.1) is 0 Å². The summed E-state index contributed by atoms with van der Waals surface area (Å²) in [4.78, 5) is 0.160. The molecule has 1 N–H and O–H groups in total. The molecule has 1 heterocycles. The highest BCUT2D eigenvalue weighted by atomic mass is 32.2. The van der Waals surface area contributed by atoms with Crippen molar-refractivity contribution in [3.05, 3.63) is 90.6 Å². The van der Waals surface area contributed by atoms with E-state index in [1.165, 1.54) is 22.8 Å². The Morgan fingerprint density at radius 1 is 0.833 bits per heavy atom. The summed E-state index contributed by atoms with van der Waals surface area (Å²) < 4.78 is 52.4. The average molecular weight is 425 g/mol. The van der Waals surface area contributed by atoms with Crippen LogP contribution in [0.5, 0.6) is 5.88 Å². The normalized spacial score (nSPS) is 11.6. The minimum atomic E-state index is -3.37. The summed E-state index contributed by atoms with van der Waals surface area (Å²) in [5.41, 5.74) is 2.44. The smallest absolute Gasteiger partial charge is 0.204 e. The molecular weight excluding hydrogens is 408 g/mol. The Hall–Kier alpha value is -3.45. The van der Waals surface area contributed by atoms with Crippen molar-refractivity contribution < 1.29 is 22.3 Å². The number of nitrogens with zero attached hydrogens (tertiary/aromatic N) is 1. The zero-order valence-electron chi connectivity index (χ0n) is 15.9. The summed E-state index contributed by atoms with van der Waals surface area (Å²) >= 11 is 0. The van der Waals surface area contributed by atoms with Gasteiger partial charge in [0.1, 0.15) is 0 Å². The van der Waals surface area contributed by atoms with Gasteiger partial charge in [-0.2, -0.15) is 0 Å². The molecule has 0 unspecified atom stereocenters. The first-order chi connectivity index (χ1) is 14.3. The number of para-hydroxylation sites is 1. The lowest BCUT2D eigenvalue weighted by atomic mass is 9.98. The van der Waals surface area contributed by atoms with Crippen LogP contribution < -0.4 is 0 Å². The summed E-state index contributed by atoms with van der Waals surface area (Å²) in [5.74, 6) is -2.16. The predicted molar refractivity (Wildman–Crippen MR) is 111 cm³/mol. The molecule has 0 amide bonds. The molecular formula is C23H17F2NO3S. The van der Waals surface area contributed by atoms with Gasteiger partial charge in [-0.05, 0) is 47.5 Å². The molecule has 0 atom stereocenters. The maximum absolute atomic E-state index is 13.9. The Labute approximate surface area is 172 Å². The minimum absolute atomic E-state index is 0.144. The third-order valence-corrected chi connectivity index (χ3v) is 5.94. The molecule has 0 spiro atoms. The van der Waals surface area contributed by atoms with Gasteiger partial charge in [-0.3, -0.25) is 4.57 Å². The number of halogens is 2. The monoisotopic (exact) mass is 425 g/mol. The van der Waals surface area contributed by atoms with Gasteiger partial charge in [-0.1, -0.05) is 36.4 Å². The van der Waals surface area contributed by atoms with E-state index in [1.807, 2.05) is 18.2 Å². The molecule has 4 rings (SSSR count). The maximum atomic E-state index is 13.9. The van der Waals surface area contributed by atoms with Crippen LogP contribution in [0.1, 0.15) is 0 Å². The van der Waals surface area contributed by atoms with Gasteiger partial charge in [0, 0.05) is 23.7 Å². The van der Waals surface area contributed by atoms with Crippen LogP contribution >= 0.6 is 0 Å². The molecule has 30 heavy (non-hydrogen) atoms. The summed E-state index contributed by atoms with van der Waals surface area (Å²) in [6.07, 6.45) is 2.79. The lowest BCUT2D eigenvalue weighted by Crippen LogP contribution is -1.96. The lowest BCUT2D eigenvalue weighted by molar-refractivity contribution is 0.444. The Kier molecular flexibility index (Phi) is 4.91. The number of sulfone groups is 1. The van der Waals surface area contributed by atoms with Crippen molar-refractivity contribution in [2.24, 2.45) is 0 Å². The molecule has 7 heteroatoms. The predicted octanol–water partition coefficient (Wildman–Crippen LogP) is 5.20. The first-order valence-corrected chi connectivity index (χ1v) is 10.9. The van der Waals surface area contributed by atoms with Crippen molar-refractivity contribution in [3.8, 4) is 33.8 Å². The van der Waals surface area contributed by atoms with Crippen LogP contribution in [0.15, 0.2) is 83.9 Å². The van der Waals surface area contributed by atoms with Crippen LogP contribution in [0.2, 0.25) is 0 Å². The van der Waals surface area contributed by atoms with Crippen LogP contribution in [0.25, 0.3) is 27.9 Å². The average Bonchev–Trinajstić information content (AvgIpc) is 3.07. The number of aromatic nitrogens is 1. The Morgan fingerprint density at radius 2 is 1.47 bits per heavy atom. The molecule has 0 aliphatic heterocycles. The number of rotatable bonds is 4. The largest absolute Gasteiger partial charge is 0.494 e. The zero-order chi connectivity index (χ0) is 21.5. The fourth-order valence-corrected chi connectivity index (χ4v) is 3.95. The van der Waals surface area contributed by atoms with Crippen molar-refractivity contribution in [1.29, 1.82) is 0 Å². The highest BCUT2D eigenvalue weighted by molar-refractivity contribution is 7.90. The zero-order valence-corrected chi connectivity index (χ0v) is 16.7. The molecule has 4 aromatic rings. The summed E-state index contributed by atoms with van der Waals surface area (Å²) in [6, 6.07) is 18.6. The van der Waals surface area contributed by atoms with Crippen molar-refractivity contribution in [3.63, 3.8) is 0 Å². The van der Waals surface area contributed by atoms with Crippen LogP contribution in [0, 0.1) is 11.6 Å². The van der Waals surface area contributed by atoms with E-state index in [9.17, 15) is 22.3 Å². The van der Waals surface area contributed by atoms with Crippen LogP contribution in [-0.2, 0) is 9.84 Å². The molecule has 152 valence electrons. The first kappa shape index (κ1) is 19.8. The molecule has 1 aromatic heterocycles. The quantitative estimate of drug-likeness (QED) is 0.489. The fourth-order valence-electron chi connectivity index (χ4n) is 3.32. The van der Waals surface area contributed by atoms with Gasteiger partial charge in [0.2, 0.25) is 5.88 Å². The molecule has 0 radical (unpaired) electrons. The SMILES string of the molecule is CS(=O)(=O)c1ccc(-c2cn(-c3ccccc3)c(O)c2-c2ccc(F)c(F)c2)cc1. The second-order valence-electron chi connectivity index (χ2n) is 6.87. The topological polar surface area (TPSA) is 59.3 Å². The highest BCUT2D eigenvalue weighted by Crippen LogP contribution is 2.42. The first-order valence-electron chi connectivity index (χ1n) is 9.01. The summed E-state index contributed by atoms with van der Waals surface area (Å²) in [5, 5.41) is 11.0. The Morgan fingerprint density at radius 3 is 2.07 bits per heavy atom. The maximum Gasteiger partial charge on any atom is 0.204 e. The Bertz CT molecular complexity index is 1330. The van der Waals surface area contributed by atoms with E-state index >= 15 is 0 Å². The van der Waals surface area contributed by atoms with Gasteiger partial charge in [0.05, 0.1) is 10.5 Å². The van der Waals surface area contributed by atoms with Crippen LogP contribution in [-0.4, -0.2) is 24.3 Å². The van der Waals surface area contributed by atoms with Crippen molar-refractivity contribution in [2.75, 3.05) is 6.26 Å². The molecule has 0 aliphatic rings. The van der Waals surface area contributed by atoms with Crippen molar-refractivity contribution >= 4 is 9.84 Å². The van der Waals surface area contributed by atoms with E-state index in [2.05, 4.69) is 0 Å². The number of aromatic hydroxyl groups is 1. The van der Waals surface area contributed by atoms with E-state index in [-0.39, 0.29) is 10.8 Å². The van der Waals surface area contributed by atoms with Gasteiger partial charge >= 0.3 is 0 Å². The lowest BCUT2D eigenvalue weighted by Gasteiger charge is -2.08. The third-order valence-electron chi connectivity index (χ3n) is 4.82. The van der Waals surface area contributed by atoms with Crippen LogP contribution in [0.4, 0.5) is 8.78 Å². The number of benzene rings is 3. The molecule has 0 saturated carbocycles. The number of hydrogen-bond acceptors (Lipinski definition) is 3. The standard InChI is InChI=1S/C23H17F2NO3S/c1-30(28,29)18-10-7-15(8-11-18)19-14-26(17-5-3-2-4-6-17)23(27)22(19)16-9-12-20(24)21(25)13-16/h2-14,27H,1H3. The van der Waals surface area contributed by atoms with E-state index in [4.69, 9.17) is 0 Å². The second kappa shape index (κ2) is 7.42. The van der Waals surface area contributed by atoms with Crippen LogP contribution in [0.3, 0.4) is 0 Å². The molecule has 4 nitrogen and oxygen atoms in total. The molecule has 0 bridgehead atoms. The Balaban J connectivity index is 1.95. The van der Waals surface area contributed by atoms with Gasteiger partial charge < -0.3 is 5.11 Å². The summed E-state index contributed by atoms with van der Waals surface area (Å²) in [7, 11) is -3.37. The third kappa shape index (κ3) is 3.59. The fraction of sp³-hybridized carbons (Fsp3) is 0.0435. The van der Waals surface area contributed by atoms with Gasteiger partial charge in [-0.25, -0.2) is 17.2 Å². The highest BCUT2D eigenvalue weighted by Gasteiger charge is 2.21. The molecule has 3 aromatic carbocycles. The molecule has 0 aliphatic carbocycles. The van der Waals surface area contributed by atoms with E-state index in [1.54, 1.807) is 30.5 Å². The number of hydrogen-bond donors (Lipinski definition) is 1. The minimum Gasteiger partial charge on any atom is -0.494 e. The molecule has 0 saturated heterocycles. The van der Waals surface area contributed by atoms with Gasteiger partial charge in [0.25, 0.3) is 0 Å². The molecule has 0 fully saturated rings. The van der Waals surface area contributed by atoms with Crippen molar-refractivity contribution in [1.82, 2.24) is 4.57 Å². The van der Waals surface area contributed by atoms with E-state index in [0.717, 1.165) is 18.4 Å². The van der Waals surface area contributed by atoms with E-state index < -0.39 is 21.5 Å².